The molecule has 0 aliphatic heterocycles. The van der Waals surface area contributed by atoms with Gasteiger partial charge in [-0.25, -0.2) is 8.78 Å². The summed E-state index contributed by atoms with van der Waals surface area (Å²) in [6, 6.07) is 4.24. The minimum atomic E-state index is -0.383. The Morgan fingerprint density at radius 3 is 2.43 bits per heavy atom. The summed E-state index contributed by atoms with van der Waals surface area (Å²) in [7, 11) is 0. The molecule has 1 N–H and O–H groups in total. The summed E-state index contributed by atoms with van der Waals surface area (Å²) >= 11 is 0. The second kappa shape index (κ2) is 7.35. The number of benzene rings is 1. The summed E-state index contributed by atoms with van der Waals surface area (Å²) in [6.45, 7) is 8.24. The summed E-state index contributed by atoms with van der Waals surface area (Å²) in [5.41, 5.74) is 0.311. The molecule has 0 heterocycles. The molecular weight excluding hydrogens is 268 g/mol. The van der Waals surface area contributed by atoms with E-state index in [9.17, 15) is 8.78 Å². The summed E-state index contributed by atoms with van der Waals surface area (Å²) in [6.07, 6.45) is 3.11. The van der Waals surface area contributed by atoms with E-state index in [1.165, 1.54) is 24.6 Å². The molecule has 1 nitrogen and oxygen atoms in total. The van der Waals surface area contributed by atoms with Gasteiger partial charge in [0.15, 0.2) is 0 Å². The Balaban J connectivity index is 2.27. The summed E-state index contributed by atoms with van der Waals surface area (Å²) < 4.78 is 28.4. The summed E-state index contributed by atoms with van der Waals surface area (Å²) in [4.78, 5) is 0. The lowest BCUT2D eigenvalue weighted by Crippen LogP contribution is -2.34. The van der Waals surface area contributed by atoms with Gasteiger partial charge in [-0.05, 0) is 68.2 Å². The van der Waals surface area contributed by atoms with Crippen molar-refractivity contribution in [2.45, 2.75) is 46.0 Å². The first-order valence-corrected chi connectivity index (χ1v) is 8.19. The van der Waals surface area contributed by atoms with Crippen molar-refractivity contribution < 1.29 is 8.78 Å². The van der Waals surface area contributed by atoms with Crippen molar-refractivity contribution in [2.75, 3.05) is 13.1 Å². The molecule has 1 aliphatic carbocycles. The lowest BCUT2D eigenvalue weighted by Gasteiger charge is -2.38. The topological polar surface area (TPSA) is 12.0 Å². The number of nitrogens with one attached hydrogen (secondary N) is 1. The maximum Gasteiger partial charge on any atom is 0.129 e. The van der Waals surface area contributed by atoms with Gasteiger partial charge in [0.1, 0.15) is 11.6 Å². The Bertz CT molecular complexity index is 438. The molecule has 3 heteroatoms. The maximum absolute atomic E-state index is 14.2. The zero-order chi connectivity index (χ0) is 15.4. The van der Waals surface area contributed by atoms with Crippen LogP contribution in [0.25, 0.3) is 0 Å². The molecule has 3 atom stereocenters. The number of rotatable bonds is 5. The smallest absolute Gasteiger partial charge is 0.129 e. The SMILES string of the molecule is CCNCC1CCC(C(C)C)CC1c1c(F)cccc1F. The Morgan fingerprint density at radius 2 is 1.86 bits per heavy atom. The highest BCUT2D eigenvalue weighted by atomic mass is 19.1. The van der Waals surface area contributed by atoms with E-state index in [1.807, 2.05) is 0 Å². The fourth-order valence-electron chi connectivity index (χ4n) is 3.66. The largest absolute Gasteiger partial charge is 0.317 e. The Kier molecular flexibility index (Phi) is 5.74. The van der Waals surface area contributed by atoms with Crippen molar-refractivity contribution in [3.8, 4) is 0 Å². The van der Waals surface area contributed by atoms with Crippen LogP contribution in [0.2, 0.25) is 0 Å². The molecule has 1 saturated carbocycles. The van der Waals surface area contributed by atoms with E-state index in [1.54, 1.807) is 0 Å². The zero-order valence-corrected chi connectivity index (χ0v) is 13.3. The zero-order valence-electron chi connectivity index (χ0n) is 13.3. The van der Waals surface area contributed by atoms with Gasteiger partial charge < -0.3 is 5.32 Å². The van der Waals surface area contributed by atoms with E-state index >= 15 is 0 Å². The van der Waals surface area contributed by atoms with Crippen LogP contribution < -0.4 is 5.32 Å². The van der Waals surface area contributed by atoms with Gasteiger partial charge in [0.2, 0.25) is 0 Å². The van der Waals surface area contributed by atoms with Gasteiger partial charge in [-0.15, -0.1) is 0 Å². The van der Waals surface area contributed by atoms with Crippen molar-refractivity contribution in [2.24, 2.45) is 17.8 Å². The van der Waals surface area contributed by atoms with E-state index in [-0.39, 0.29) is 17.6 Å². The van der Waals surface area contributed by atoms with Crippen LogP contribution in [0.15, 0.2) is 18.2 Å². The third-order valence-electron chi connectivity index (χ3n) is 5.00. The molecule has 1 aromatic carbocycles. The lowest BCUT2D eigenvalue weighted by molar-refractivity contribution is 0.185. The van der Waals surface area contributed by atoms with Crippen molar-refractivity contribution >= 4 is 0 Å². The summed E-state index contributed by atoms with van der Waals surface area (Å²) in [5, 5.41) is 3.36. The highest BCUT2D eigenvalue weighted by Crippen LogP contribution is 2.44. The van der Waals surface area contributed by atoms with Crippen LogP contribution in [0.1, 0.15) is 51.5 Å². The van der Waals surface area contributed by atoms with Crippen molar-refractivity contribution in [3.05, 3.63) is 35.4 Å². The fraction of sp³-hybridized carbons (Fsp3) is 0.667. The predicted octanol–water partition coefficient (Wildman–Crippen LogP) is 4.73. The van der Waals surface area contributed by atoms with Gasteiger partial charge in [-0.2, -0.15) is 0 Å². The van der Waals surface area contributed by atoms with Crippen LogP contribution >= 0.6 is 0 Å². The molecule has 21 heavy (non-hydrogen) atoms. The van der Waals surface area contributed by atoms with Gasteiger partial charge >= 0.3 is 0 Å². The molecule has 0 saturated heterocycles. The van der Waals surface area contributed by atoms with Crippen LogP contribution in [0.3, 0.4) is 0 Å². The molecule has 1 aliphatic rings. The van der Waals surface area contributed by atoms with Crippen molar-refractivity contribution in [1.82, 2.24) is 5.32 Å². The molecule has 0 amide bonds. The second-order valence-corrected chi connectivity index (χ2v) is 6.63. The second-order valence-electron chi connectivity index (χ2n) is 6.63. The van der Waals surface area contributed by atoms with Crippen LogP contribution in [0.4, 0.5) is 8.78 Å². The van der Waals surface area contributed by atoms with Gasteiger partial charge in [-0.1, -0.05) is 26.8 Å². The van der Waals surface area contributed by atoms with Crippen LogP contribution in [-0.4, -0.2) is 13.1 Å². The van der Waals surface area contributed by atoms with E-state index in [0.29, 0.717) is 23.3 Å². The monoisotopic (exact) mass is 295 g/mol. The third kappa shape index (κ3) is 3.82. The van der Waals surface area contributed by atoms with E-state index in [4.69, 9.17) is 0 Å². The average Bonchev–Trinajstić information content (AvgIpc) is 2.45. The van der Waals surface area contributed by atoms with Crippen LogP contribution in [-0.2, 0) is 0 Å². The quantitative estimate of drug-likeness (QED) is 0.828. The molecule has 3 unspecified atom stereocenters. The van der Waals surface area contributed by atoms with E-state index in [2.05, 4.69) is 26.1 Å². The first-order valence-electron chi connectivity index (χ1n) is 8.19. The van der Waals surface area contributed by atoms with Gasteiger partial charge in [0.05, 0.1) is 0 Å². The molecule has 118 valence electrons. The predicted molar refractivity (Wildman–Crippen MR) is 83.3 cm³/mol. The molecule has 1 fully saturated rings. The average molecular weight is 295 g/mol. The van der Waals surface area contributed by atoms with Gasteiger partial charge in [-0.3, -0.25) is 0 Å². The summed E-state index contributed by atoms with van der Waals surface area (Å²) in [5.74, 6) is 0.684. The minimum Gasteiger partial charge on any atom is -0.317 e. The number of hydrogen-bond acceptors (Lipinski definition) is 1. The number of halogens is 2. The standard InChI is InChI=1S/C18H27F2N/c1-4-21-11-14-9-8-13(12(2)3)10-15(14)18-16(19)6-5-7-17(18)20/h5-7,12-15,21H,4,8-11H2,1-3H3. The van der Waals surface area contributed by atoms with Crippen LogP contribution in [0, 0.1) is 29.4 Å². The highest BCUT2D eigenvalue weighted by molar-refractivity contribution is 5.25. The van der Waals surface area contributed by atoms with Gasteiger partial charge in [0, 0.05) is 5.56 Å². The molecule has 0 spiro atoms. The normalized spacial score (nSPS) is 26.3. The Morgan fingerprint density at radius 1 is 1.19 bits per heavy atom. The van der Waals surface area contributed by atoms with Crippen molar-refractivity contribution in [1.29, 1.82) is 0 Å². The molecule has 2 rings (SSSR count). The molecule has 0 radical (unpaired) electrons. The minimum absolute atomic E-state index is 0.00796. The molecule has 0 bridgehead atoms. The van der Waals surface area contributed by atoms with Crippen LogP contribution in [0.5, 0.6) is 0 Å². The maximum atomic E-state index is 14.2. The molecule has 1 aromatic rings. The lowest BCUT2D eigenvalue weighted by atomic mass is 9.68. The fourth-order valence-corrected chi connectivity index (χ4v) is 3.66. The highest BCUT2D eigenvalue weighted by Gasteiger charge is 2.35. The number of hydrogen-bond donors (Lipinski definition) is 1. The van der Waals surface area contributed by atoms with Crippen molar-refractivity contribution in [3.63, 3.8) is 0 Å². The van der Waals surface area contributed by atoms with E-state index < -0.39 is 0 Å². The Hall–Kier alpha value is -0.960. The first kappa shape index (κ1) is 16.4. The first-order chi connectivity index (χ1) is 10.0. The van der Waals surface area contributed by atoms with E-state index in [0.717, 1.165) is 25.9 Å². The third-order valence-corrected chi connectivity index (χ3v) is 5.00. The molecule has 0 aromatic heterocycles. The van der Waals surface area contributed by atoms with Gasteiger partial charge in [0.25, 0.3) is 0 Å². The Labute approximate surface area is 127 Å². The molecular formula is C18H27F2N.